The summed E-state index contributed by atoms with van der Waals surface area (Å²) in [6.45, 7) is 10.7. The van der Waals surface area contributed by atoms with Crippen molar-refractivity contribution >= 4 is 23.1 Å². The van der Waals surface area contributed by atoms with Gasteiger partial charge in [-0.3, -0.25) is 0 Å². The molecule has 1 unspecified atom stereocenters. The van der Waals surface area contributed by atoms with E-state index in [0.717, 1.165) is 18.4 Å². The lowest BCUT2D eigenvalue weighted by Crippen LogP contribution is -2.46. The third kappa shape index (κ3) is 3.56. The normalized spacial score (nSPS) is 30.5. The Bertz CT molecular complexity index is 411. The van der Waals surface area contributed by atoms with E-state index < -0.39 is 0 Å². The van der Waals surface area contributed by atoms with Crippen molar-refractivity contribution in [1.82, 2.24) is 5.32 Å². The predicted octanol–water partition coefficient (Wildman–Crippen LogP) is 5.02. The fraction of sp³-hybridized carbons (Fsp3) is 0.750. The minimum absolute atomic E-state index is 0.506. The Kier molecular flexibility index (Phi) is 5.02. The fourth-order valence-corrected chi connectivity index (χ4v) is 4.71. The molecule has 1 fully saturated rings. The van der Waals surface area contributed by atoms with Gasteiger partial charge in [0.05, 0.1) is 4.21 Å². The Morgan fingerprint density at radius 2 is 2.11 bits per heavy atom. The molecule has 1 N–H and O–H groups in total. The van der Waals surface area contributed by atoms with Gasteiger partial charge in [0.2, 0.25) is 0 Å². The van der Waals surface area contributed by atoms with Gasteiger partial charge in [0.1, 0.15) is 0 Å². The van der Waals surface area contributed by atoms with Crippen molar-refractivity contribution in [2.45, 2.75) is 57.3 Å². The van der Waals surface area contributed by atoms with Gasteiger partial charge in [-0.05, 0) is 48.5 Å². The molecule has 3 atom stereocenters. The fourth-order valence-electron chi connectivity index (χ4n) is 3.16. The molecular weight excluding hydrogens is 270 g/mol. The molecule has 108 valence electrons. The first-order valence-electron chi connectivity index (χ1n) is 7.30. The standard InChI is InChI=1S/C16H27NS2/c1-11-12(2)16(3,4)9-8-14(11)17-10-13-6-7-15(18-5)19-13/h6-7,11-12,14,17H,8-10H2,1-5H3/t11-,12?,14-/m1/s1. The zero-order chi connectivity index (χ0) is 14.0. The molecule has 0 spiro atoms. The summed E-state index contributed by atoms with van der Waals surface area (Å²) in [4.78, 5) is 1.47. The molecule has 0 aromatic carbocycles. The van der Waals surface area contributed by atoms with Crippen LogP contribution < -0.4 is 5.32 Å². The average Bonchev–Trinajstić information content (AvgIpc) is 2.83. The molecule has 0 amide bonds. The van der Waals surface area contributed by atoms with E-state index in [-0.39, 0.29) is 0 Å². The molecule has 1 aromatic rings. The van der Waals surface area contributed by atoms with Crippen LogP contribution >= 0.6 is 23.1 Å². The lowest BCUT2D eigenvalue weighted by Gasteiger charge is -2.45. The van der Waals surface area contributed by atoms with Crippen LogP contribution in [0.15, 0.2) is 16.3 Å². The second-order valence-corrected chi connectivity index (χ2v) is 8.86. The van der Waals surface area contributed by atoms with Gasteiger partial charge < -0.3 is 5.32 Å². The second kappa shape index (κ2) is 6.19. The molecule has 0 aliphatic heterocycles. The van der Waals surface area contributed by atoms with E-state index in [1.165, 1.54) is 21.9 Å². The number of thioether (sulfide) groups is 1. The zero-order valence-electron chi connectivity index (χ0n) is 12.8. The Balaban J connectivity index is 1.90. The van der Waals surface area contributed by atoms with E-state index in [1.54, 1.807) is 0 Å². The van der Waals surface area contributed by atoms with Gasteiger partial charge in [0.15, 0.2) is 0 Å². The molecule has 2 rings (SSSR count). The van der Waals surface area contributed by atoms with Crippen LogP contribution in [-0.4, -0.2) is 12.3 Å². The monoisotopic (exact) mass is 297 g/mol. The minimum atomic E-state index is 0.506. The van der Waals surface area contributed by atoms with E-state index in [2.05, 4.69) is 51.4 Å². The average molecular weight is 298 g/mol. The summed E-state index contributed by atoms with van der Waals surface area (Å²) >= 11 is 3.77. The molecule has 1 aromatic heterocycles. The van der Waals surface area contributed by atoms with Crippen LogP contribution in [-0.2, 0) is 6.54 Å². The van der Waals surface area contributed by atoms with E-state index in [9.17, 15) is 0 Å². The first-order valence-corrected chi connectivity index (χ1v) is 9.34. The molecule has 1 saturated carbocycles. The van der Waals surface area contributed by atoms with Crippen LogP contribution in [0, 0.1) is 17.3 Å². The molecule has 0 bridgehead atoms. The van der Waals surface area contributed by atoms with Crippen molar-refractivity contribution in [3.05, 3.63) is 17.0 Å². The van der Waals surface area contributed by atoms with E-state index in [1.807, 2.05) is 23.1 Å². The molecule has 1 aliphatic carbocycles. The van der Waals surface area contributed by atoms with Gasteiger partial charge in [-0.25, -0.2) is 0 Å². The van der Waals surface area contributed by atoms with Crippen LogP contribution in [0.25, 0.3) is 0 Å². The summed E-state index contributed by atoms with van der Waals surface area (Å²) in [5.74, 6) is 1.56. The molecular formula is C16H27NS2. The Morgan fingerprint density at radius 1 is 1.37 bits per heavy atom. The highest BCUT2D eigenvalue weighted by Gasteiger charge is 2.38. The predicted molar refractivity (Wildman–Crippen MR) is 88.1 cm³/mol. The molecule has 1 heterocycles. The lowest BCUT2D eigenvalue weighted by molar-refractivity contribution is 0.0685. The summed E-state index contributed by atoms with van der Waals surface area (Å²) in [5.41, 5.74) is 0.506. The Hall–Kier alpha value is 0.01000. The Labute approximate surface area is 126 Å². The first kappa shape index (κ1) is 15.4. The molecule has 1 nitrogen and oxygen atoms in total. The first-order chi connectivity index (χ1) is 8.94. The molecule has 19 heavy (non-hydrogen) atoms. The molecule has 3 heteroatoms. The number of hydrogen-bond donors (Lipinski definition) is 1. The van der Waals surface area contributed by atoms with Crippen LogP contribution in [0.5, 0.6) is 0 Å². The van der Waals surface area contributed by atoms with Crippen molar-refractivity contribution in [2.75, 3.05) is 6.26 Å². The summed E-state index contributed by atoms with van der Waals surface area (Å²) < 4.78 is 1.42. The van der Waals surface area contributed by atoms with Crippen LogP contribution in [0.1, 0.15) is 45.4 Å². The van der Waals surface area contributed by atoms with E-state index in [0.29, 0.717) is 11.5 Å². The molecule has 0 radical (unpaired) electrons. The van der Waals surface area contributed by atoms with E-state index in [4.69, 9.17) is 0 Å². The van der Waals surface area contributed by atoms with Crippen LogP contribution in [0.3, 0.4) is 0 Å². The number of nitrogens with one attached hydrogen (secondary N) is 1. The SMILES string of the molecule is CSc1ccc(CN[C@@H]2CCC(C)(C)C(C)[C@H]2C)s1. The Morgan fingerprint density at radius 3 is 2.74 bits per heavy atom. The minimum Gasteiger partial charge on any atom is -0.309 e. The highest BCUT2D eigenvalue weighted by Crippen LogP contribution is 2.43. The quantitative estimate of drug-likeness (QED) is 0.783. The third-order valence-corrected chi connectivity index (χ3v) is 7.30. The van der Waals surface area contributed by atoms with Crippen molar-refractivity contribution in [3.8, 4) is 0 Å². The van der Waals surface area contributed by atoms with Gasteiger partial charge in [-0.2, -0.15) is 0 Å². The van der Waals surface area contributed by atoms with Crippen molar-refractivity contribution in [1.29, 1.82) is 0 Å². The van der Waals surface area contributed by atoms with Crippen LogP contribution in [0.2, 0.25) is 0 Å². The molecule has 0 saturated heterocycles. The lowest BCUT2D eigenvalue weighted by atomic mass is 9.63. The highest BCUT2D eigenvalue weighted by molar-refractivity contribution is 8.00. The summed E-state index contributed by atoms with van der Waals surface area (Å²) in [6.07, 6.45) is 4.81. The topological polar surface area (TPSA) is 12.0 Å². The zero-order valence-corrected chi connectivity index (χ0v) is 14.5. The third-order valence-electron chi connectivity index (χ3n) is 5.13. The van der Waals surface area contributed by atoms with Crippen molar-refractivity contribution < 1.29 is 0 Å². The van der Waals surface area contributed by atoms with Crippen LogP contribution in [0.4, 0.5) is 0 Å². The van der Waals surface area contributed by atoms with Gasteiger partial charge >= 0.3 is 0 Å². The molecule has 1 aliphatic rings. The van der Waals surface area contributed by atoms with Crippen molar-refractivity contribution in [3.63, 3.8) is 0 Å². The smallest absolute Gasteiger partial charge is 0.0599 e. The van der Waals surface area contributed by atoms with Crippen molar-refractivity contribution in [2.24, 2.45) is 17.3 Å². The summed E-state index contributed by atoms with van der Waals surface area (Å²) in [7, 11) is 0. The summed E-state index contributed by atoms with van der Waals surface area (Å²) in [5, 5.41) is 3.79. The maximum Gasteiger partial charge on any atom is 0.0599 e. The number of hydrogen-bond acceptors (Lipinski definition) is 3. The number of rotatable bonds is 4. The maximum absolute atomic E-state index is 3.79. The number of thiophene rings is 1. The van der Waals surface area contributed by atoms with E-state index >= 15 is 0 Å². The van der Waals surface area contributed by atoms with Gasteiger partial charge in [-0.1, -0.05) is 27.7 Å². The largest absolute Gasteiger partial charge is 0.309 e. The summed E-state index contributed by atoms with van der Waals surface area (Å²) in [6, 6.07) is 5.19. The maximum atomic E-state index is 3.79. The van der Waals surface area contributed by atoms with Gasteiger partial charge in [0, 0.05) is 17.5 Å². The van der Waals surface area contributed by atoms with Gasteiger partial charge in [-0.15, -0.1) is 23.1 Å². The van der Waals surface area contributed by atoms with Gasteiger partial charge in [0.25, 0.3) is 0 Å². The highest BCUT2D eigenvalue weighted by atomic mass is 32.2. The second-order valence-electron chi connectivity index (χ2n) is 6.59.